The van der Waals surface area contributed by atoms with Gasteiger partial charge in [0.1, 0.15) is 10.3 Å². The third-order valence-corrected chi connectivity index (χ3v) is 4.44. The fourth-order valence-corrected chi connectivity index (χ4v) is 3.21. The quantitative estimate of drug-likeness (QED) is 0.761. The van der Waals surface area contributed by atoms with Gasteiger partial charge in [-0.3, -0.25) is 9.78 Å². The van der Waals surface area contributed by atoms with Crippen molar-refractivity contribution in [2.75, 3.05) is 23.7 Å². The number of Topliss-reactive ketones (excluding diaryl/α,β-unsaturated/α-hetero) is 1. The Labute approximate surface area is 148 Å². The summed E-state index contributed by atoms with van der Waals surface area (Å²) in [5.41, 5.74) is 13.9. The van der Waals surface area contributed by atoms with E-state index in [1.165, 1.54) is 6.20 Å². The van der Waals surface area contributed by atoms with Gasteiger partial charge < -0.3 is 16.4 Å². The zero-order chi connectivity index (χ0) is 17.1. The van der Waals surface area contributed by atoms with Crippen molar-refractivity contribution in [3.63, 3.8) is 0 Å². The molecule has 3 rings (SSSR count). The molecule has 1 fully saturated rings. The van der Waals surface area contributed by atoms with E-state index in [-0.39, 0.29) is 29.8 Å². The first-order valence-corrected chi connectivity index (χ1v) is 8.58. The standard InChI is InChI=1S/C16H19BrN6O/c17-14-8-21-16(19)15(22-14)13(24)6-10-7-20-4-3-12(10)23-5-1-2-11(18)9-23/h3-4,7-8,11H,1-2,5-6,9,18H2,(H2,19,21). The van der Waals surface area contributed by atoms with Crippen LogP contribution < -0.4 is 16.4 Å². The highest BCUT2D eigenvalue weighted by atomic mass is 79.9. The number of hydrogen-bond acceptors (Lipinski definition) is 7. The molecule has 1 saturated heterocycles. The normalized spacial score (nSPS) is 17.8. The van der Waals surface area contributed by atoms with Gasteiger partial charge in [0.15, 0.2) is 11.6 Å². The Hall–Kier alpha value is -2.06. The van der Waals surface area contributed by atoms with Crippen molar-refractivity contribution in [1.82, 2.24) is 15.0 Å². The first-order valence-electron chi connectivity index (χ1n) is 7.79. The van der Waals surface area contributed by atoms with E-state index in [1.54, 1.807) is 12.4 Å². The van der Waals surface area contributed by atoms with Crippen molar-refractivity contribution < 1.29 is 4.79 Å². The number of rotatable bonds is 4. The third-order valence-electron chi connectivity index (χ3n) is 4.06. The highest BCUT2D eigenvalue weighted by Gasteiger charge is 2.21. The molecule has 0 radical (unpaired) electrons. The van der Waals surface area contributed by atoms with Gasteiger partial charge in [-0.15, -0.1) is 0 Å². The van der Waals surface area contributed by atoms with Crippen LogP contribution in [0.25, 0.3) is 0 Å². The van der Waals surface area contributed by atoms with E-state index in [9.17, 15) is 4.79 Å². The van der Waals surface area contributed by atoms with Gasteiger partial charge in [0.05, 0.1) is 6.20 Å². The molecule has 126 valence electrons. The molecule has 3 heterocycles. The molecular weight excluding hydrogens is 372 g/mol. The minimum Gasteiger partial charge on any atom is -0.382 e. The lowest BCUT2D eigenvalue weighted by atomic mass is 10.0. The summed E-state index contributed by atoms with van der Waals surface area (Å²) in [4.78, 5) is 27.1. The fourth-order valence-electron chi connectivity index (χ4n) is 2.93. The van der Waals surface area contributed by atoms with Crippen molar-refractivity contribution in [1.29, 1.82) is 0 Å². The molecule has 0 bridgehead atoms. The van der Waals surface area contributed by atoms with Crippen LogP contribution in [0.15, 0.2) is 29.3 Å². The van der Waals surface area contributed by atoms with Crippen molar-refractivity contribution in [3.05, 3.63) is 40.5 Å². The van der Waals surface area contributed by atoms with E-state index in [0.29, 0.717) is 4.60 Å². The van der Waals surface area contributed by atoms with Crippen LogP contribution in [0, 0.1) is 0 Å². The maximum absolute atomic E-state index is 12.6. The van der Waals surface area contributed by atoms with E-state index >= 15 is 0 Å². The van der Waals surface area contributed by atoms with Crippen molar-refractivity contribution in [2.24, 2.45) is 5.73 Å². The number of pyridine rings is 1. The Kier molecular flexibility index (Phi) is 5.06. The molecule has 1 aliphatic rings. The summed E-state index contributed by atoms with van der Waals surface area (Å²) < 4.78 is 0.480. The summed E-state index contributed by atoms with van der Waals surface area (Å²) in [5.74, 6) is -0.0505. The summed E-state index contributed by atoms with van der Waals surface area (Å²) >= 11 is 3.22. The first kappa shape index (κ1) is 16.8. The van der Waals surface area contributed by atoms with E-state index < -0.39 is 0 Å². The van der Waals surface area contributed by atoms with E-state index in [4.69, 9.17) is 11.5 Å². The number of anilines is 2. The SMILES string of the molecule is Nc1ncc(Br)nc1C(=O)Cc1cnccc1N1CCCC(N)C1. The molecule has 0 spiro atoms. The minimum atomic E-state index is -0.183. The summed E-state index contributed by atoms with van der Waals surface area (Å²) in [6.45, 7) is 1.71. The van der Waals surface area contributed by atoms with Crippen molar-refractivity contribution in [3.8, 4) is 0 Å². The van der Waals surface area contributed by atoms with E-state index in [0.717, 1.165) is 37.2 Å². The number of carbonyl (C=O) groups excluding carboxylic acids is 1. The predicted octanol–water partition coefficient (Wildman–Crippen LogP) is 1.57. The van der Waals surface area contributed by atoms with Crippen LogP contribution in [0.2, 0.25) is 0 Å². The second kappa shape index (κ2) is 7.23. The van der Waals surface area contributed by atoms with E-state index in [2.05, 4.69) is 35.8 Å². The van der Waals surface area contributed by atoms with Crippen molar-refractivity contribution >= 4 is 33.2 Å². The van der Waals surface area contributed by atoms with Crippen LogP contribution >= 0.6 is 15.9 Å². The van der Waals surface area contributed by atoms with Gasteiger partial charge in [-0.1, -0.05) is 0 Å². The number of nitrogens with two attached hydrogens (primary N) is 2. The molecule has 1 unspecified atom stereocenters. The van der Waals surface area contributed by atoms with Crippen LogP contribution in [0.1, 0.15) is 28.9 Å². The van der Waals surface area contributed by atoms with Crippen LogP contribution in [0.3, 0.4) is 0 Å². The number of carbonyl (C=O) groups is 1. The molecule has 0 aromatic carbocycles. The molecule has 7 nitrogen and oxygen atoms in total. The molecule has 0 aliphatic carbocycles. The highest BCUT2D eigenvalue weighted by Crippen LogP contribution is 2.25. The Bertz CT molecular complexity index is 753. The van der Waals surface area contributed by atoms with Gasteiger partial charge >= 0.3 is 0 Å². The Morgan fingerprint density at radius 1 is 1.42 bits per heavy atom. The summed E-state index contributed by atoms with van der Waals surface area (Å²) in [5, 5.41) is 0. The monoisotopic (exact) mass is 390 g/mol. The molecule has 2 aromatic rings. The topological polar surface area (TPSA) is 111 Å². The number of halogens is 1. The highest BCUT2D eigenvalue weighted by molar-refractivity contribution is 9.10. The molecular formula is C16H19BrN6O. The number of nitrogen functional groups attached to an aromatic ring is 1. The van der Waals surface area contributed by atoms with Gasteiger partial charge in [0, 0.05) is 49.2 Å². The van der Waals surface area contributed by atoms with Crippen LogP contribution in [-0.2, 0) is 6.42 Å². The third kappa shape index (κ3) is 3.70. The molecule has 4 N–H and O–H groups in total. The summed E-state index contributed by atoms with van der Waals surface area (Å²) in [6.07, 6.45) is 7.16. The largest absolute Gasteiger partial charge is 0.382 e. The lowest BCUT2D eigenvalue weighted by Crippen LogP contribution is -2.43. The smallest absolute Gasteiger partial charge is 0.189 e. The van der Waals surface area contributed by atoms with Crippen molar-refractivity contribution in [2.45, 2.75) is 25.3 Å². The number of nitrogens with zero attached hydrogens (tertiary/aromatic N) is 4. The number of hydrogen-bond donors (Lipinski definition) is 2. The Morgan fingerprint density at radius 3 is 3.04 bits per heavy atom. The van der Waals surface area contributed by atoms with Gasteiger partial charge in [0.25, 0.3) is 0 Å². The summed E-state index contributed by atoms with van der Waals surface area (Å²) in [6, 6.07) is 2.08. The Morgan fingerprint density at radius 2 is 2.25 bits per heavy atom. The number of piperidine rings is 1. The van der Waals surface area contributed by atoms with Gasteiger partial charge in [-0.2, -0.15) is 0 Å². The van der Waals surface area contributed by atoms with Gasteiger partial charge in [0.2, 0.25) is 0 Å². The number of ketones is 1. The first-order chi connectivity index (χ1) is 11.5. The average Bonchev–Trinajstić information content (AvgIpc) is 2.57. The zero-order valence-corrected chi connectivity index (χ0v) is 14.7. The lowest BCUT2D eigenvalue weighted by Gasteiger charge is -2.33. The van der Waals surface area contributed by atoms with Crippen LogP contribution in [-0.4, -0.2) is 39.9 Å². The molecule has 8 heteroatoms. The molecule has 2 aromatic heterocycles. The summed E-state index contributed by atoms with van der Waals surface area (Å²) in [7, 11) is 0. The molecule has 24 heavy (non-hydrogen) atoms. The molecule has 0 amide bonds. The predicted molar refractivity (Wildman–Crippen MR) is 95.8 cm³/mol. The minimum absolute atomic E-state index is 0.133. The van der Waals surface area contributed by atoms with Gasteiger partial charge in [-0.05, 0) is 34.8 Å². The average molecular weight is 391 g/mol. The Balaban J connectivity index is 1.85. The van der Waals surface area contributed by atoms with Crippen LogP contribution in [0.5, 0.6) is 0 Å². The molecule has 0 saturated carbocycles. The zero-order valence-electron chi connectivity index (χ0n) is 13.2. The molecule has 1 aliphatic heterocycles. The second-order valence-corrected chi connectivity index (χ2v) is 6.69. The lowest BCUT2D eigenvalue weighted by molar-refractivity contribution is 0.0988. The van der Waals surface area contributed by atoms with Crippen LogP contribution in [0.4, 0.5) is 11.5 Å². The van der Waals surface area contributed by atoms with E-state index in [1.807, 2.05) is 6.07 Å². The second-order valence-electron chi connectivity index (χ2n) is 5.88. The fraction of sp³-hybridized carbons (Fsp3) is 0.375. The van der Waals surface area contributed by atoms with Gasteiger partial charge in [-0.25, -0.2) is 9.97 Å². The number of aromatic nitrogens is 3. The maximum atomic E-state index is 12.6. The molecule has 1 atom stereocenters. The maximum Gasteiger partial charge on any atom is 0.189 e.